The van der Waals surface area contributed by atoms with Gasteiger partial charge in [0.2, 0.25) is 10.0 Å². The molecule has 0 unspecified atom stereocenters. The lowest BCUT2D eigenvalue weighted by Gasteiger charge is -2.32. The fraction of sp³-hybridized carbons (Fsp3) is 0.476. The molecule has 1 saturated carbocycles. The van der Waals surface area contributed by atoms with Gasteiger partial charge in [-0.25, -0.2) is 8.42 Å². The van der Waals surface area contributed by atoms with E-state index in [0.29, 0.717) is 12.3 Å². The van der Waals surface area contributed by atoms with Crippen molar-refractivity contribution in [2.75, 3.05) is 26.2 Å². The molecule has 5 rings (SSSR count). The van der Waals surface area contributed by atoms with Gasteiger partial charge in [-0.15, -0.1) is 0 Å². The monoisotopic (exact) mass is 399 g/mol. The van der Waals surface area contributed by atoms with Gasteiger partial charge in [-0.3, -0.25) is 9.88 Å². The largest absolute Gasteiger partial charge is 0.483 e. The van der Waals surface area contributed by atoms with Gasteiger partial charge >= 0.3 is 0 Å². The molecular formula is C21H25N3O3S. The second kappa shape index (κ2) is 6.83. The molecule has 2 aliphatic heterocycles. The quantitative estimate of drug-likeness (QED) is 0.791. The van der Waals surface area contributed by atoms with Crippen molar-refractivity contribution in [1.82, 2.24) is 14.2 Å². The van der Waals surface area contributed by atoms with Crippen LogP contribution in [-0.4, -0.2) is 54.4 Å². The van der Waals surface area contributed by atoms with Crippen LogP contribution in [0, 0.1) is 5.92 Å². The smallest absolute Gasteiger partial charge is 0.247 e. The van der Waals surface area contributed by atoms with E-state index in [2.05, 4.69) is 9.88 Å². The fourth-order valence-electron chi connectivity index (χ4n) is 4.33. The zero-order valence-corrected chi connectivity index (χ0v) is 16.6. The fourth-order valence-corrected chi connectivity index (χ4v) is 5.93. The molecule has 1 aliphatic carbocycles. The number of ether oxygens (including phenoxy) is 1. The molecule has 7 heteroatoms. The zero-order chi connectivity index (χ0) is 19.2. The van der Waals surface area contributed by atoms with Crippen LogP contribution in [0.25, 0.3) is 0 Å². The van der Waals surface area contributed by atoms with E-state index in [-0.39, 0.29) is 11.4 Å². The van der Waals surface area contributed by atoms with E-state index in [4.69, 9.17) is 4.74 Å². The van der Waals surface area contributed by atoms with Crippen molar-refractivity contribution in [2.45, 2.75) is 36.3 Å². The third-order valence-electron chi connectivity index (χ3n) is 5.93. The Morgan fingerprint density at radius 3 is 2.71 bits per heavy atom. The van der Waals surface area contributed by atoms with Crippen molar-refractivity contribution in [3.63, 3.8) is 0 Å². The van der Waals surface area contributed by atoms with Crippen LogP contribution < -0.4 is 4.74 Å². The molecule has 1 saturated heterocycles. The molecule has 3 aliphatic rings. The number of nitrogens with zero attached hydrogens (tertiary/aromatic N) is 3. The van der Waals surface area contributed by atoms with Gasteiger partial charge in [-0.2, -0.15) is 4.31 Å². The number of rotatable bonds is 4. The van der Waals surface area contributed by atoms with Gasteiger partial charge in [0.1, 0.15) is 16.2 Å². The van der Waals surface area contributed by atoms with Crippen LogP contribution in [0.15, 0.2) is 53.6 Å². The van der Waals surface area contributed by atoms with Gasteiger partial charge in [0.15, 0.2) is 0 Å². The van der Waals surface area contributed by atoms with E-state index in [0.717, 1.165) is 37.7 Å². The van der Waals surface area contributed by atoms with Crippen molar-refractivity contribution in [2.24, 2.45) is 5.92 Å². The van der Waals surface area contributed by atoms with Crippen molar-refractivity contribution in [3.05, 3.63) is 54.4 Å². The number of likely N-dealkylation sites (tertiary alicyclic amines) is 1. The molecule has 1 aromatic heterocycles. The van der Waals surface area contributed by atoms with Crippen molar-refractivity contribution in [1.29, 1.82) is 0 Å². The highest BCUT2D eigenvalue weighted by Gasteiger charge is 2.48. The Kier molecular flexibility index (Phi) is 4.41. The van der Waals surface area contributed by atoms with Gasteiger partial charge < -0.3 is 4.74 Å². The minimum absolute atomic E-state index is 0.253. The lowest BCUT2D eigenvalue weighted by Crippen LogP contribution is -2.49. The summed E-state index contributed by atoms with van der Waals surface area (Å²) in [6.07, 6.45) is 5.16. The van der Waals surface area contributed by atoms with Gasteiger partial charge in [-0.1, -0.05) is 18.2 Å². The molecule has 0 bridgehead atoms. The normalized spacial score (nSPS) is 27.3. The maximum Gasteiger partial charge on any atom is 0.247 e. The van der Waals surface area contributed by atoms with E-state index < -0.39 is 15.6 Å². The van der Waals surface area contributed by atoms with E-state index in [9.17, 15) is 8.42 Å². The van der Waals surface area contributed by atoms with E-state index >= 15 is 0 Å². The first-order valence-corrected chi connectivity index (χ1v) is 11.4. The first-order chi connectivity index (χ1) is 13.5. The Bertz CT molecular complexity index is 962. The number of pyridine rings is 1. The Hall–Kier alpha value is -1.96. The standard InChI is InChI=1S/C21H25N3O3S/c25-28(26)20-7-2-1-6-19(20)27-21(10-12-23(15-21)13-17-8-9-17)16-24(28)14-18-5-3-4-11-22-18/h1-7,11,17H,8-10,12-16H2/t21-/m0/s1. The van der Waals surface area contributed by atoms with Crippen molar-refractivity contribution < 1.29 is 13.2 Å². The average molecular weight is 400 g/mol. The second-order valence-electron chi connectivity index (χ2n) is 8.25. The predicted molar refractivity (Wildman–Crippen MR) is 105 cm³/mol. The molecule has 148 valence electrons. The van der Waals surface area contributed by atoms with Crippen molar-refractivity contribution in [3.8, 4) is 5.75 Å². The van der Waals surface area contributed by atoms with Crippen LogP contribution in [0.5, 0.6) is 5.75 Å². The summed E-state index contributed by atoms with van der Waals surface area (Å²) in [5.74, 6) is 1.28. The van der Waals surface area contributed by atoms with Crippen LogP contribution in [0.2, 0.25) is 0 Å². The summed E-state index contributed by atoms with van der Waals surface area (Å²) < 4.78 is 34.9. The van der Waals surface area contributed by atoms with E-state index in [1.165, 1.54) is 12.8 Å². The Balaban J connectivity index is 1.50. The molecule has 0 N–H and O–H groups in total. The minimum atomic E-state index is -3.66. The molecule has 6 nitrogen and oxygen atoms in total. The number of hydrogen-bond donors (Lipinski definition) is 0. The minimum Gasteiger partial charge on any atom is -0.483 e. The van der Waals surface area contributed by atoms with E-state index in [1.54, 1.807) is 28.7 Å². The maximum atomic E-state index is 13.4. The molecule has 1 aromatic carbocycles. The Morgan fingerprint density at radius 1 is 1.11 bits per heavy atom. The van der Waals surface area contributed by atoms with Gasteiger partial charge in [0.05, 0.1) is 18.8 Å². The third kappa shape index (κ3) is 3.43. The third-order valence-corrected chi connectivity index (χ3v) is 7.76. The molecule has 2 fully saturated rings. The lowest BCUT2D eigenvalue weighted by atomic mass is 10.0. The summed E-state index contributed by atoms with van der Waals surface area (Å²) in [7, 11) is -3.66. The molecule has 0 radical (unpaired) electrons. The number of aromatic nitrogens is 1. The molecule has 0 amide bonds. The molecule has 1 spiro atoms. The van der Waals surface area contributed by atoms with E-state index in [1.807, 2.05) is 24.3 Å². The molecule has 3 heterocycles. The van der Waals surface area contributed by atoms with Crippen LogP contribution in [-0.2, 0) is 16.6 Å². The number of fused-ring (bicyclic) bond motifs is 1. The maximum absolute atomic E-state index is 13.4. The summed E-state index contributed by atoms with van der Waals surface area (Å²) in [5, 5.41) is 0. The SMILES string of the molecule is O=S1(=O)c2ccccc2O[C@]2(CCN(CC3CC3)C2)CN1Cc1ccccn1. The first-order valence-electron chi connectivity index (χ1n) is 9.95. The van der Waals surface area contributed by atoms with Crippen LogP contribution in [0.4, 0.5) is 0 Å². The predicted octanol–water partition coefficient (Wildman–Crippen LogP) is 2.52. The number of para-hydroxylation sites is 1. The van der Waals surface area contributed by atoms with Crippen LogP contribution in [0.1, 0.15) is 25.0 Å². The number of sulfonamides is 1. The first kappa shape index (κ1) is 18.1. The molecular weight excluding hydrogens is 374 g/mol. The summed E-state index contributed by atoms with van der Waals surface area (Å²) in [6, 6.07) is 12.6. The second-order valence-corrected chi connectivity index (χ2v) is 10.2. The van der Waals surface area contributed by atoms with Crippen LogP contribution >= 0.6 is 0 Å². The topological polar surface area (TPSA) is 62.7 Å². The van der Waals surface area contributed by atoms with Gasteiger partial charge in [0.25, 0.3) is 0 Å². The van der Waals surface area contributed by atoms with Gasteiger partial charge in [-0.05, 0) is 43.0 Å². The van der Waals surface area contributed by atoms with Crippen molar-refractivity contribution >= 4 is 10.0 Å². The lowest BCUT2D eigenvalue weighted by molar-refractivity contribution is 0.0572. The van der Waals surface area contributed by atoms with Crippen LogP contribution in [0.3, 0.4) is 0 Å². The highest BCUT2D eigenvalue weighted by molar-refractivity contribution is 7.89. The molecule has 28 heavy (non-hydrogen) atoms. The molecule has 1 atom stereocenters. The molecule has 2 aromatic rings. The zero-order valence-electron chi connectivity index (χ0n) is 15.8. The number of benzene rings is 1. The summed E-state index contributed by atoms with van der Waals surface area (Å²) >= 11 is 0. The average Bonchev–Trinajstić information content (AvgIpc) is 3.43. The summed E-state index contributed by atoms with van der Waals surface area (Å²) in [5.41, 5.74) is 0.233. The Morgan fingerprint density at radius 2 is 1.93 bits per heavy atom. The number of hydrogen-bond acceptors (Lipinski definition) is 5. The summed E-state index contributed by atoms with van der Waals surface area (Å²) in [4.78, 5) is 7.04. The highest BCUT2D eigenvalue weighted by Crippen LogP contribution is 2.40. The van der Waals surface area contributed by atoms with Gasteiger partial charge in [0, 0.05) is 32.3 Å². The summed E-state index contributed by atoms with van der Waals surface area (Å²) in [6.45, 7) is 3.43. The Labute approximate surface area is 166 Å². The highest BCUT2D eigenvalue weighted by atomic mass is 32.2.